The molecule has 0 saturated carbocycles. The van der Waals surface area contributed by atoms with E-state index in [9.17, 15) is 8.42 Å². The van der Waals surface area contributed by atoms with E-state index in [4.69, 9.17) is 0 Å². The maximum Gasteiger partial charge on any atom is 0.243 e. The Kier molecular flexibility index (Phi) is 4.72. The molecular formula is C14H19N5O2S. The standard InChI is InChI=1S/C14H19N5O2S/c1-5-19(10-11(2)3)22(20,21)13-8-6-7-12(9-13)14-15-16-17-18(14)4/h6-9H,2,5,10H2,1,3-4H3. The van der Waals surface area contributed by atoms with Gasteiger partial charge in [0.25, 0.3) is 0 Å². The van der Waals surface area contributed by atoms with E-state index in [0.29, 0.717) is 24.5 Å². The molecule has 0 bridgehead atoms. The SMILES string of the molecule is C=C(C)CN(CC)S(=O)(=O)c1cccc(-c2nnnn2C)c1. The Labute approximate surface area is 130 Å². The first-order chi connectivity index (χ1) is 10.4. The van der Waals surface area contributed by atoms with Crippen LogP contribution in [0.3, 0.4) is 0 Å². The first-order valence-corrected chi connectivity index (χ1v) is 8.27. The summed E-state index contributed by atoms with van der Waals surface area (Å²) in [6.45, 7) is 8.07. The lowest BCUT2D eigenvalue weighted by atomic mass is 10.2. The van der Waals surface area contributed by atoms with Gasteiger partial charge < -0.3 is 0 Å². The normalized spacial score (nSPS) is 11.8. The minimum Gasteiger partial charge on any atom is -0.229 e. The molecule has 0 aliphatic rings. The van der Waals surface area contributed by atoms with Gasteiger partial charge in [0.15, 0.2) is 5.82 Å². The van der Waals surface area contributed by atoms with Crippen LogP contribution in [0, 0.1) is 0 Å². The number of hydrogen-bond acceptors (Lipinski definition) is 5. The van der Waals surface area contributed by atoms with Gasteiger partial charge in [-0.3, -0.25) is 0 Å². The van der Waals surface area contributed by atoms with Crippen molar-refractivity contribution in [3.63, 3.8) is 0 Å². The van der Waals surface area contributed by atoms with Gasteiger partial charge in [0.05, 0.1) is 4.90 Å². The van der Waals surface area contributed by atoms with E-state index in [2.05, 4.69) is 22.1 Å². The lowest BCUT2D eigenvalue weighted by Crippen LogP contribution is -2.32. The summed E-state index contributed by atoms with van der Waals surface area (Å²) in [6, 6.07) is 6.62. The van der Waals surface area contributed by atoms with Crippen LogP contribution in [0.5, 0.6) is 0 Å². The Balaban J connectivity index is 2.44. The van der Waals surface area contributed by atoms with Crippen molar-refractivity contribution < 1.29 is 8.42 Å². The zero-order valence-electron chi connectivity index (χ0n) is 12.9. The predicted molar refractivity (Wildman–Crippen MR) is 83.5 cm³/mol. The Morgan fingerprint density at radius 2 is 2.14 bits per heavy atom. The van der Waals surface area contributed by atoms with Crippen molar-refractivity contribution in [3.8, 4) is 11.4 Å². The number of likely N-dealkylation sites (N-methyl/N-ethyl adjacent to an activating group) is 1. The summed E-state index contributed by atoms with van der Waals surface area (Å²) in [5.41, 5.74) is 1.44. The molecule has 0 unspecified atom stereocenters. The van der Waals surface area contributed by atoms with Crippen LogP contribution in [0.2, 0.25) is 0 Å². The van der Waals surface area contributed by atoms with Crippen molar-refractivity contribution in [1.29, 1.82) is 0 Å². The first kappa shape index (κ1) is 16.3. The minimum atomic E-state index is -3.58. The number of sulfonamides is 1. The summed E-state index contributed by atoms with van der Waals surface area (Å²) in [5, 5.41) is 11.2. The van der Waals surface area contributed by atoms with Crippen LogP contribution < -0.4 is 0 Å². The average Bonchev–Trinajstić information content (AvgIpc) is 2.90. The van der Waals surface area contributed by atoms with Gasteiger partial charge in [0.2, 0.25) is 10.0 Å². The van der Waals surface area contributed by atoms with Crippen molar-refractivity contribution in [2.75, 3.05) is 13.1 Å². The van der Waals surface area contributed by atoms with Crippen LogP contribution in [0.1, 0.15) is 13.8 Å². The van der Waals surface area contributed by atoms with E-state index in [1.807, 2.05) is 0 Å². The maximum atomic E-state index is 12.7. The van der Waals surface area contributed by atoms with Gasteiger partial charge in [-0.05, 0) is 29.5 Å². The van der Waals surface area contributed by atoms with Crippen LogP contribution in [-0.2, 0) is 17.1 Å². The van der Waals surface area contributed by atoms with Gasteiger partial charge >= 0.3 is 0 Å². The third kappa shape index (κ3) is 3.23. The number of nitrogens with zero attached hydrogens (tertiary/aromatic N) is 5. The molecule has 8 heteroatoms. The van der Waals surface area contributed by atoms with E-state index in [-0.39, 0.29) is 4.90 Å². The fourth-order valence-corrected chi connectivity index (χ4v) is 3.64. The van der Waals surface area contributed by atoms with Crippen LogP contribution in [0.4, 0.5) is 0 Å². The molecule has 1 aromatic carbocycles. The largest absolute Gasteiger partial charge is 0.243 e. The topological polar surface area (TPSA) is 81.0 Å². The van der Waals surface area contributed by atoms with Gasteiger partial charge in [0.1, 0.15) is 0 Å². The molecule has 118 valence electrons. The monoisotopic (exact) mass is 321 g/mol. The maximum absolute atomic E-state index is 12.7. The molecule has 0 amide bonds. The molecule has 0 radical (unpaired) electrons. The summed E-state index contributed by atoms with van der Waals surface area (Å²) < 4.78 is 28.4. The fourth-order valence-electron chi connectivity index (χ4n) is 2.09. The second kappa shape index (κ2) is 6.37. The van der Waals surface area contributed by atoms with E-state index in [1.54, 1.807) is 45.2 Å². The van der Waals surface area contributed by atoms with Gasteiger partial charge in [-0.15, -0.1) is 5.10 Å². The van der Waals surface area contributed by atoms with Gasteiger partial charge in [-0.1, -0.05) is 31.2 Å². The molecule has 0 saturated heterocycles. The highest BCUT2D eigenvalue weighted by Crippen LogP contribution is 2.22. The smallest absolute Gasteiger partial charge is 0.229 e. The Morgan fingerprint density at radius 1 is 1.41 bits per heavy atom. The lowest BCUT2D eigenvalue weighted by molar-refractivity contribution is 0.453. The average molecular weight is 321 g/mol. The van der Waals surface area contributed by atoms with Crippen LogP contribution in [0.25, 0.3) is 11.4 Å². The van der Waals surface area contributed by atoms with Crippen molar-refractivity contribution in [3.05, 3.63) is 36.4 Å². The third-order valence-electron chi connectivity index (χ3n) is 3.15. The van der Waals surface area contributed by atoms with E-state index < -0.39 is 10.0 Å². The highest BCUT2D eigenvalue weighted by atomic mass is 32.2. The summed E-state index contributed by atoms with van der Waals surface area (Å²) in [6.07, 6.45) is 0. The molecule has 22 heavy (non-hydrogen) atoms. The van der Waals surface area contributed by atoms with Gasteiger partial charge in [-0.25, -0.2) is 13.1 Å². The van der Waals surface area contributed by atoms with E-state index in [1.165, 1.54) is 8.99 Å². The molecule has 1 aromatic heterocycles. The molecule has 0 aliphatic heterocycles. The van der Waals surface area contributed by atoms with Crippen molar-refractivity contribution in [1.82, 2.24) is 24.5 Å². The minimum absolute atomic E-state index is 0.219. The van der Waals surface area contributed by atoms with E-state index >= 15 is 0 Å². The molecule has 0 aliphatic carbocycles. The summed E-state index contributed by atoms with van der Waals surface area (Å²) in [5.74, 6) is 0.514. The summed E-state index contributed by atoms with van der Waals surface area (Å²) in [7, 11) is -1.87. The second-order valence-corrected chi connectivity index (χ2v) is 6.98. The van der Waals surface area contributed by atoms with Crippen molar-refractivity contribution >= 4 is 10.0 Å². The first-order valence-electron chi connectivity index (χ1n) is 6.83. The predicted octanol–water partition coefficient (Wildman–Crippen LogP) is 1.46. The molecule has 7 nitrogen and oxygen atoms in total. The number of hydrogen-bond donors (Lipinski definition) is 0. The highest BCUT2D eigenvalue weighted by molar-refractivity contribution is 7.89. The lowest BCUT2D eigenvalue weighted by Gasteiger charge is -2.20. The highest BCUT2D eigenvalue weighted by Gasteiger charge is 2.23. The number of benzene rings is 1. The fraction of sp³-hybridized carbons (Fsp3) is 0.357. The Bertz CT molecular complexity index is 782. The summed E-state index contributed by atoms with van der Waals surface area (Å²) >= 11 is 0. The quantitative estimate of drug-likeness (QED) is 0.753. The Hall–Kier alpha value is -2.06. The number of aryl methyl sites for hydroxylation is 1. The second-order valence-electron chi connectivity index (χ2n) is 5.04. The molecule has 0 N–H and O–H groups in total. The van der Waals surface area contributed by atoms with Gasteiger partial charge in [0, 0.05) is 25.7 Å². The molecule has 0 fully saturated rings. The molecule has 1 heterocycles. The Morgan fingerprint density at radius 3 is 2.68 bits per heavy atom. The van der Waals surface area contributed by atoms with Crippen LogP contribution in [0.15, 0.2) is 41.3 Å². The van der Waals surface area contributed by atoms with Gasteiger partial charge in [-0.2, -0.15) is 4.31 Å². The number of rotatable bonds is 6. The molecular weight excluding hydrogens is 302 g/mol. The van der Waals surface area contributed by atoms with Crippen molar-refractivity contribution in [2.24, 2.45) is 7.05 Å². The third-order valence-corrected chi connectivity index (χ3v) is 5.07. The van der Waals surface area contributed by atoms with Crippen LogP contribution in [-0.4, -0.2) is 46.0 Å². The van der Waals surface area contributed by atoms with Crippen molar-refractivity contribution in [2.45, 2.75) is 18.7 Å². The number of tetrazole rings is 1. The van der Waals surface area contributed by atoms with Crippen LogP contribution >= 0.6 is 0 Å². The molecule has 0 atom stereocenters. The number of aromatic nitrogens is 4. The summed E-state index contributed by atoms with van der Waals surface area (Å²) in [4.78, 5) is 0.219. The molecule has 0 spiro atoms. The molecule has 2 aromatic rings. The zero-order valence-corrected chi connectivity index (χ0v) is 13.7. The zero-order chi connectivity index (χ0) is 16.3. The molecule has 2 rings (SSSR count). The van der Waals surface area contributed by atoms with E-state index in [0.717, 1.165) is 5.57 Å².